The van der Waals surface area contributed by atoms with Gasteiger partial charge in [0.25, 0.3) is 0 Å². The fourth-order valence-corrected chi connectivity index (χ4v) is 3.87. The Labute approximate surface area is 116 Å². The number of nitrogens with two attached hydrogens (primary N) is 2. The highest BCUT2D eigenvalue weighted by atomic mass is 16.1. The summed E-state index contributed by atoms with van der Waals surface area (Å²) in [5, 5.41) is 3.23. The molecule has 0 aromatic carbocycles. The van der Waals surface area contributed by atoms with Crippen LogP contribution in [0.25, 0.3) is 0 Å². The number of hydrogen-bond acceptors (Lipinski definition) is 3. The molecule has 2 rings (SSSR count). The van der Waals surface area contributed by atoms with E-state index in [0.717, 1.165) is 25.7 Å². The molecule has 110 valence electrons. The molecule has 19 heavy (non-hydrogen) atoms. The van der Waals surface area contributed by atoms with Crippen LogP contribution < -0.4 is 16.8 Å². The van der Waals surface area contributed by atoms with Crippen LogP contribution in [0.2, 0.25) is 0 Å². The molecule has 2 saturated carbocycles. The molecule has 0 spiro atoms. The molecule has 4 nitrogen and oxygen atoms in total. The standard InChI is InChI=1S/C15H29N3O/c16-11-14(6-2-1-3-7-14)10-13(19)18-15(12-17)8-4-5-9-15/h1-12,16-17H2,(H,18,19). The lowest BCUT2D eigenvalue weighted by Gasteiger charge is -2.37. The van der Waals surface area contributed by atoms with Crippen LogP contribution in [-0.2, 0) is 4.79 Å². The monoisotopic (exact) mass is 267 g/mol. The molecule has 0 atom stereocenters. The van der Waals surface area contributed by atoms with Crippen LogP contribution in [0, 0.1) is 5.41 Å². The number of hydrogen-bond donors (Lipinski definition) is 3. The Bertz CT molecular complexity index is 305. The number of rotatable bonds is 5. The molecular formula is C15H29N3O. The topological polar surface area (TPSA) is 81.1 Å². The first kappa shape index (κ1) is 14.8. The van der Waals surface area contributed by atoms with Crippen LogP contribution in [0.5, 0.6) is 0 Å². The van der Waals surface area contributed by atoms with Crippen LogP contribution in [0.1, 0.15) is 64.2 Å². The van der Waals surface area contributed by atoms with Gasteiger partial charge in [-0.3, -0.25) is 4.79 Å². The van der Waals surface area contributed by atoms with Gasteiger partial charge in [0.15, 0.2) is 0 Å². The second-order valence-electron chi connectivity index (χ2n) is 6.68. The molecule has 0 unspecified atom stereocenters. The van der Waals surface area contributed by atoms with Crippen molar-refractivity contribution in [1.82, 2.24) is 5.32 Å². The Kier molecular flexibility index (Phi) is 4.85. The molecular weight excluding hydrogens is 238 g/mol. The van der Waals surface area contributed by atoms with E-state index in [1.807, 2.05) is 0 Å². The zero-order valence-corrected chi connectivity index (χ0v) is 12.0. The number of nitrogens with one attached hydrogen (secondary N) is 1. The minimum atomic E-state index is -0.123. The van der Waals surface area contributed by atoms with E-state index in [0.29, 0.717) is 19.5 Å². The SMILES string of the molecule is NCC1(CC(=O)NC2(CN)CCCC2)CCCCC1. The summed E-state index contributed by atoms with van der Waals surface area (Å²) in [5.41, 5.74) is 11.8. The quantitative estimate of drug-likeness (QED) is 0.709. The lowest BCUT2D eigenvalue weighted by molar-refractivity contribution is -0.125. The zero-order valence-electron chi connectivity index (χ0n) is 12.0. The van der Waals surface area contributed by atoms with Crippen molar-refractivity contribution in [3.05, 3.63) is 0 Å². The summed E-state index contributed by atoms with van der Waals surface area (Å²) in [7, 11) is 0. The summed E-state index contributed by atoms with van der Waals surface area (Å²) in [6.07, 6.45) is 10.9. The summed E-state index contributed by atoms with van der Waals surface area (Å²) in [5.74, 6) is 0.166. The van der Waals surface area contributed by atoms with E-state index in [-0.39, 0.29) is 16.9 Å². The van der Waals surface area contributed by atoms with Gasteiger partial charge in [-0.1, -0.05) is 32.1 Å². The second-order valence-corrected chi connectivity index (χ2v) is 6.68. The van der Waals surface area contributed by atoms with Crippen LogP contribution in [0.3, 0.4) is 0 Å². The molecule has 0 aromatic rings. The van der Waals surface area contributed by atoms with Crippen molar-refractivity contribution in [2.45, 2.75) is 69.7 Å². The van der Waals surface area contributed by atoms with E-state index in [1.165, 1.54) is 32.1 Å². The Morgan fingerprint density at radius 2 is 1.47 bits per heavy atom. The summed E-state index contributed by atoms with van der Waals surface area (Å²) < 4.78 is 0. The van der Waals surface area contributed by atoms with Crippen LogP contribution in [0.15, 0.2) is 0 Å². The largest absolute Gasteiger partial charge is 0.349 e. The normalized spacial score (nSPS) is 25.2. The van der Waals surface area contributed by atoms with E-state index < -0.39 is 0 Å². The minimum absolute atomic E-state index is 0.0523. The first-order chi connectivity index (χ1) is 9.14. The maximum absolute atomic E-state index is 12.4. The minimum Gasteiger partial charge on any atom is -0.349 e. The van der Waals surface area contributed by atoms with E-state index >= 15 is 0 Å². The molecule has 0 radical (unpaired) electrons. The third kappa shape index (κ3) is 3.48. The van der Waals surface area contributed by atoms with E-state index in [1.54, 1.807) is 0 Å². The highest BCUT2D eigenvalue weighted by Gasteiger charge is 2.37. The molecule has 4 heteroatoms. The highest BCUT2D eigenvalue weighted by Crippen LogP contribution is 2.38. The molecule has 1 amide bonds. The number of carbonyl (C=O) groups is 1. The Morgan fingerprint density at radius 1 is 0.895 bits per heavy atom. The zero-order chi connectivity index (χ0) is 13.8. The van der Waals surface area contributed by atoms with Gasteiger partial charge in [0, 0.05) is 13.0 Å². The molecule has 0 saturated heterocycles. The molecule has 2 aliphatic rings. The van der Waals surface area contributed by atoms with Crippen molar-refractivity contribution in [2.75, 3.05) is 13.1 Å². The molecule has 0 bridgehead atoms. The molecule has 2 aliphatic carbocycles. The van der Waals surface area contributed by atoms with Crippen LogP contribution in [-0.4, -0.2) is 24.5 Å². The third-order valence-electron chi connectivity index (χ3n) is 5.24. The Balaban J connectivity index is 1.92. The van der Waals surface area contributed by atoms with Gasteiger partial charge in [0.1, 0.15) is 0 Å². The van der Waals surface area contributed by atoms with Gasteiger partial charge in [-0.2, -0.15) is 0 Å². The summed E-state index contributed by atoms with van der Waals surface area (Å²) >= 11 is 0. The van der Waals surface area contributed by atoms with E-state index in [4.69, 9.17) is 11.5 Å². The van der Waals surface area contributed by atoms with E-state index in [9.17, 15) is 4.79 Å². The van der Waals surface area contributed by atoms with Crippen LogP contribution >= 0.6 is 0 Å². The first-order valence-electron chi connectivity index (χ1n) is 7.85. The average Bonchev–Trinajstić information content (AvgIpc) is 2.88. The fraction of sp³-hybridized carbons (Fsp3) is 0.933. The van der Waals surface area contributed by atoms with E-state index in [2.05, 4.69) is 5.32 Å². The van der Waals surface area contributed by atoms with Crippen molar-refractivity contribution in [3.8, 4) is 0 Å². The van der Waals surface area contributed by atoms with Gasteiger partial charge in [0.05, 0.1) is 5.54 Å². The molecule has 5 N–H and O–H groups in total. The number of carbonyl (C=O) groups excluding carboxylic acids is 1. The van der Waals surface area contributed by atoms with Gasteiger partial charge in [0.2, 0.25) is 5.91 Å². The smallest absolute Gasteiger partial charge is 0.221 e. The summed E-state index contributed by atoms with van der Waals surface area (Å²) in [6.45, 7) is 1.20. The number of amides is 1. The molecule has 2 fully saturated rings. The highest BCUT2D eigenvalue weighted by molar-refractivity contribution is 5.77. The lowest BCUT2D eigenvalue weighted by atomic mass is 9.71. The fourth-order valence-electron chi connectivity index (χ4n) is 3.87. The first-order valence-corrected chi connectivity index (χ1v) is 7.85. The van der Waals surface area contributed by atoms with Gasteiger partial charge in [-0.25, -0.2) is 0 Å². The van der Waals surface area contributed by atoms with Crippen molar-refractivity contribution in [2.24, 2.45) is 16.9 Å². The van der Waals surface area contributed by atoms with Gasteiger partial charge >= 0.3 is 0 Å². The van der Waals surface area contributed by atoms with Crippen LogP contribution in [0.4, 0.5) is 0 Å². The molecule has 0 aliphatic heterocycles. The van der Waals surface area contributed by atoms with Crippen molar-refractivity contribution < 1.29 is 4.79 Å². The summed E-state index contributed by atoms with van der Waals surface area (Å²) in [6, 6.07) is 0. The van der Waals surface area contributed by atoms with Gasteiger partial charge in [-0.15, -0.1) is 0 Å². The second kappa shape index (κ2) is 6.23. The summed E-state index contributed by atoms with van der Waals surface area (Å²) in [4.78, 5) is 12.4. The molecule has 0 heterocycles. The molecule has 0 aromatic heterocycles. The van der Waals surface area contributed by atoms with Crippen molar-refractivity contribution in [1.29, 1.82) is 0 Å². The van der Waals surface area contributed by atoms with Crippen molar-refractivity contribution in [3.63, 3.8) is 0 Å². The Morgan fingerprint density at radius 3 is 2.00 bits per heavy atom. The lowest BCUT2D eigenvalue weighted by Crippen LogP contribution is -2.53. The average molecular weight is 267 g/mol. The maximum atomic E-state index is 12.4. The Hall–Kier alpha value is -0.610. The predicted octanol–water partition coefficient (Wildman–Crippen LogP) is 1.67. The van der Waals surface area contributed by atoms with Gasteiger partial charge in [-0.05, 0) is 37.6 Å². The predicted molar refractivity (Wildman–Crippen MR) is 77.6 cm³/mol. The van der Waals surface area contributed by atoms with Gasteiger partial charge < -0.3 is 16.8 Å². The third-order valence-corrected chi connectivity index (χ3v) is 5.24. The maximum Gasteiger partial charge on any atom is 0.221 e. The van der Waals surface area contributed by atoms with Crippen molar-refractivity contribution >= 4 is 5.91 Å².